The molecule has 1 aliphatic rings. The van der Waals surface area contributed by atoms with Crippen molar-refractivity contribution in [3.8, 4) is 0 Å². The first-order valence-corrected chi connectivity index (χ1v) is 7.08. The number of nitrogens with zero attached hydrogens (tertiary/aromatic N) is 2. The number of fused-ring (bicyclic) bond motifs is 1. The van der Waals surface area contributed by atoms with Crippen molar-refractivity contribution >= 4 is 27.3 Å². The molecular formula is C13H14N2O3S. The Morgan fingerprint density at radius 3 is 3.21 bits per heavy atom. The van der Waals surface area contributed by atoms with Crippen LogP contribution in [0.2, 0.25) is 0 Å². The first kappa shape index (κ1) is 12.5. The molecule has 0 amide bonds. The summed E-state index contributed by atoms with van der Waals surface area (Å²) in [6, 6.07) is 0. The molecule has 1 fully saturated rings. The van der Waals surface area contributed by atoms with Crippen molar-refractivity contribution in [3.05, 3.63) is 27.6 Å². The number of rotatable bonds is 3. The van der Waals surface area contributed by atoms with E-state index in [0.717, 1.165) is 17.5 Å². The van der Waals surface area contributed by atoms with Gasteiger partial charge in [-0.05, 0) is 24.3 Å². The molecule has 1 unspecified atom stereocenters. The molecule has 3 heterocycles. The molecule has 0 bridgehead atoms. The summed E-state index contributed by atoms with van der Waals surface area (Å²) in [6.07, 6.45) is 2.22. The largest absolute Gasteiger partial charge is 0.381 e. The molecule has 0 N–H and O–H groups in total. The molecule has 1 atom stereocenters. The summed E-state index contributed by atoms with van der Waals surface area (Å²) in [7, 11) is 0. The van der Waals surface area contributed by atoms with Crippen molar-refractivity contribution in [2.75, 3.05) is 13.2 Å². The fraction of sp³-hybridized carbons (Fsp3) is 0.462. The molecule has 2 aromatic heterocycles. The quantitative estimate of drug-likeness (QED) is 0.851. The van der Waals surface area contributed by atoms with Gasteiger partial charge in [-0.1, -0.05) is 0 Å². The molecule has 100 valence electrons. The molecule has 1 aliphatic heterocycles. The van der Waals surface area contributed by atoms with Crippen LogP contribution in [-0.4, -0.2) is 28.5 Å². The molecule has 0 spiro atoms. The van der Waals surface area contributed by atoms with Gasteiger partial charge in [0.1, 0.15) is 4.70 Å². The van der Waals surface area contributed by atoms with Crippen LogP contribution in [0.3, 0.4) is 0 Å². The Morgan fingerprint density at radius 2 is 2.47 bits per heavy atom. The first-order valence-electron chi connectivity index (χ1n) is 6.20. The summed E-state index contributed by atoms with van der Waals surface area (Å²) < 4.78 is 7.22. The molecular weight excluding hydrogens is 264 g/mol. The van der Waals surface area contributed by atoms with Crippen molar-refractivity contribution in [1.82, 2.24) is 9.55 Å². The van der Waals surface area contributed by atoms with Gasteiger partial charge in [0.25, 0.3) is 5.56 Å². The van der Waals surface area contributed by atoms with Crippen LogP contribution in [0, 0.1) is 12.8 Å². The zero-order chi connectivity index (χ0) is 13.4. The summed E-state index contributed by atoms with van der Waals surface area (Å²) in [6.45, 7) is 3.12. The molecule has 2 aromatic rings. The maximum Gasteiger partial charge on any atom is 0.271 e. The number of thiophene rings is 1. The fourth-order valence-electron chi connectivity index (χ4n) is 2.26. The van der Waals surface area contributed by atoms with Crippen LogP contribution in [-0.2, 0) is 16.1 Å². The van der Waals surface area contributed by atoms with Crippen molar-refractivity contribution in [2.24, 2.45) is 5.92 Å². The van der Waals surface area contributed by atoms with Gasteiger partial charge in [-0.25, -0.2) is 4.98 Å². The minimum Gasteiger partial charge on any atom is -0.381 e. The van der Waals surface area contributed by atoms with Crippen LogP contribution in [0.15, 0.2) is 16.5 Å². The Balaban J connectivity index is 1.90. The molecule has 1 saturated heterocycles. The van der Waals surface area contributed by atoms with Crippen molar-refractivity contribution in [2.45, 2.75) is 19.9 Å². The summed E-state index contributed by atoms with van der Waals surface area (Å²) >= 11 is 1.38. The second kappa shape index (κ2) is 4.86. The van der Waals surface area contributed by atoms with E-state index in [-0.39, 0.29) is 23.8 Å². The summed E-state index contributed by atoms with van der Waals surface area (Å²) in [5, 5.41) is 1.91. The third-order valence-corrected chi connectivity index (χ3v) is 4.51. The number of Topliss-reactive ketones (excluding diaryl/α,β-unsaturated/α-hetero) is 1. The molecule has 5 nitrogen and oxygen atoms in total. The molecule has 0 radical (unpaired) electrons. The SMILES string of the molecule is Cc1csc2c(=O)n(CC(=O)C3CCOC3)cnc12. The van der Waals surface area contributed by atoms with E-state index < -0.39 is 0 Å². The van der Waals surface area contributed by atoms with E-state index in [1.54, 1.807) is 0 Å². The third-order valence-electron chi connectivity index (χ3n) is 3.43. The van der Waals surface area contributed by atoms with Gasteiger partial charge in [-0.3, -0.25) is 14.2 Å². The zero-order valence-electron chi connectivity index (χ0n) is 10.6. The maximum atomic E-state index is 12.2. The average molecular weight is 278 g/mol. The fourth-order valence-corrected chi connectivity index (χ4v) is 3.21. The standard InChI is InChI=1S/C13H14N2O3S/c1-8-6-19-12-11(8)14-7-15(13(12)17)4-10(16)9-2-3-18-5-9/h6-7,9H,2-5H2,1H3. The Labute approximate surface area is 113 Å². The molecule has 3 rings (SSSR count). The zero-order valence-corrected chi connectivity index (χ0v) is 11.4. The summed E-state index contributed by atoms with van der Waals surface area (Å²) in [4.78, 5) is 28.6. The lowest BCUT2D eigenvalue weighted by Gasteiger charge is -2.08. The second-order valence-electron chi connectivity index (χ2n) is 4.80. The van der Waals surface area contributed by atoms with Gasteiger partial charge in [0, 0.05) is 12.5 Å². The number of carbonyl (C=O) groups is 1. The molecule has 0 saturated carbocycles. The van der Waals surface area contributed by atoms with Crippen molar-refractivity contribution < 1.29 is 9.53 Å². The van der Waals surface area contributed by atoms with Gasteiger partial charge in [0.2, 0.25) is 0 Å². The average Bonchev–Trinajstić information content (AvgIpc) is 3.03. The highest BCUT2D eigenvalue weighted by molar-refractivity contribution is 7.17. The van der Waals surface area contributed by atoms with Crippen LogP contribution in [0.4, 0.5) is 0 Å². The third kappa shape index (κ3) is 2.21. The van der Waals surface area contributed by atoms with Crippen LogP contribution >= 0.6 is 11.3 Å². The van der Waals surface area contributed by atoms with Crippen LogP contribution in [0.5, 0.6) is 0 Å². The number of carbonyl (C=O) groups excluding carboxylic acids is 1. The molecule has 0 aliphatic carbocycles. The monoisotopic (exact) mass is 278 g/mol. The number of aromatic nitrogens is 2. The van der Waals surface area contributed by atoms with E-state index in [0.29, 0.717) is 17.9 Å². The number of ketones is 1. The van der Waals surface area contributed by atoms with E-state index in [4.69, 9.17) is 4.74 Å². The number of ether oxygens (including phenoxy) is 1. The van der Waals surface area contributed by atoms with Crippen LogP contribution in [0.25, 0.3) is 10.2 Å². The lowest BCUT2D eigenvalue weighted by Crippen LogP contribution is -2.28. The van der Waals surface area contributed by atoms with E-state index >= 15 is 0 Å². The van der Waals surface area contributed by atoms with E-state index in [9.17, 15) is 9.59 Å². The lowest BCUT2D eigenvalue weighted by molar-refractivity contribution is -0.123. The summed E-state index contributed by atoms with van der Waals surface area (Å²) in [5.41, 5.74) is 1.61. The Morgan fingerprint density at radius 1 is 1.63 bits per heavy atom. The second-order valence-corrected chi connectivity index (χ2v) is 5.68. The van der Waals surface area contributed by atoms with Gasteiger partial charge in [0.15, 0.2) is 5.78 Å². The van der Waals surface area contributed by atoms with Crippen molar-refractivity contribution in [1.29, 1.82) is 0 Å². The lowest BCUT2D eigenvalue weighted by atomic mass is 10.0. The predicted octanol–water partition coefficient (Wildman–Crippen LogP) is 1.37. The minimum absolute atomic E-state index is 0.0500. The normalized spacial score (nSPS) is 19.1. The van der Waals surface area contributed by atoms with Gasteiger partial charge < -0.3 is 4.74 Å². The predicted molar refractivity (Wildman–Crippen MR) is 72.6 cm³/mol. The molecule has 0 aromatic carbocycles. The maximum absolute atomic E-state index is 12.2. The minimum atomic E-state index is -0.129. The van der Waals surface area contributed by atoms with Gasteiger partial charge in [-0.2, -0.15) is 0 Å². The molecule has 19 heavy (non-hydrogen) atoms. The van der Waals surface area contributed by atoms with Gasteiger partial charge in [0.05, 0.1) is 25.0 Å². The smallest absolute Gasteiger partial charge is 0.271 e. The summed E-state index contributed by atoms with van der Waals surface area (Å²) in [5.74, 6) is -0.0262. The van der Waals surface area contributed by atoms with Crippen LogP contribution < -0.4 is 5.56 Å². The van der Waals surface area contributed by atoms with Crippen molar-refractivity contribution in [3.63, 3.8) is 0 Å². The Bertz CT molecular complexity index is 683. The van der Waals surface area contributed by atoms with E-state index in [1.807, 2.05) is 12.3 Å². The first-order chi connectivity index (χ1) is 9.16. The number of aryl methyl sites for hydroxylation is 1. The number of hydrogen-bond donors (Lipinski definition) is 0. The highest BCUT2D eigenvalue weighted by Crippen LogP contribution is 2.19. The van der Waals surface area contributed by atoms with E-state index in [2.05, 4.69) is 4.98 Å². The molecule has 6 heteroatoms. The number of hydrogen-bond acceptors (Lipinski definition) is 5. The van der Waals surface area contributed by atoms with Gasteiger partial charge >= 0.3 is 0 Å². The Hall–Kier alpha value is -1.53. The Kier molecular flexibility index (Phi) is 3.20. The topological polar surface area (TPSA) is 61.2 Å². The highest BCUT2D eigenvalue weighted by Gasteiger charge is 2.24. The van der Waals surface area contributed by atoms with E-state index in [1.165, 1.54) is 22.2 Å². The van der Waals surface area contributed by atoms with Gasteiger partial charge in [-0.15, -0.1) is 11.3 Å². The highest BCUT2D eigenvalue weighted by atomic mass is 32.1. The van der Waals surface area contributed by atoms with Crippen LogP contribution in [0.1, 0.15) is 12.0 Å².